The summed E-state index contributed by atoms with van der Waals surface area (Å²) in [5.74, 6) is 1.06. The molecule has 112 valence electrons. The average molecular weight is 276 g/mol. The Balaban J connectivity index is 2.05. The quantitative estimate of drug-likeness (QED) is 0.770. The maximum absolute atomic E-state index is 12.6. The smallest absolute Gasteiger partial charge is 0.178 e. The maximum atomic E-state index is 12.6. The van der Waals surface area contributed by atoms with Gasteiger partial charge < -0.3 is 4.57 Å². The maximum Gasteiger partial charge on any atom is 0.178 e. The number of hydrogen-bond donors (Lipinski definition) is 0. The van der Waals surface area contributed by atoms with Gasteiger partial charge in [0.05, 0.1) is 6.54 Å². The molecule has 0 spiro atoms. The fraction of sp³-hybridized carbons (Fsp3) is 0.706. The van der Waals surface area contributed by atoms with Crippen LogP contribution in [0.5, 0.6) is 0 Å². The van der Waals surface area contributed by atoms with Crippen LogP contribution in [0.15, 0.2) is 6.07 Å². The number of ketones is 1. The molecule has 1 unspecified atom stereocenters. The van der Waals surface area contributed by atoms with Crippen molar-refractivity contribution in [3.05, 3.63) is 23.0 Å². The lowest BCUT2D eigenvalue weighted by molar-refractivity contribution is 0.0884. The van der Waals surface area contributed by atoms with Crippen molar-refractivity contribution >= 4 is 5.78 Å². The van der Waals surface area contributed by atoms with E-state index in [1.165, 1.54) is 25.0 Å². The Bertz CT molecular complexity index is 476. The monoisotopic (exact) mass is 276 g/mol. The highest BCUT2D eigenvalue weighted by atomic mass is 16.1. The lowest BCUT2D eigenvalue weighted by Gasteiger charge is -2.31. The molecule has 0 saturated carbocycles. The lowest BCUT2D eigenvalue weighted by atomic mass is 9.95. The summed E-state index contributed by atoms with van der Waals surface area (Å²) in [6, 6.07) is 2.06. The standard InChI is InChI=1S/C17H28N2O/c1-5-15-8-7-9-18(11-15)12-17(20)16-10-13(3)19(6-2)14(16)4/h10,15H,5-9,11-12H2,1-4H3. The number of piperidine rings is 1. The number of likely N-dealkylation sites (tertiary alicyclic amines) is 1. The number of rotatable bonds is 5. The van der Waals surface area contributed by atoms with Crippen molar-refractivity contribution in [2.24, 2.45) is 5.92 Å². The molecule has 2 rings (SSSR count). The highest BCUT2D eigenvalue weighted by molar-refractivity contribution is 5.99. The Morgan fingerprint density at radius 3 is 2.70 bits per heavy atom. The fourth-order valence-electron chi connectivity index (χ4n) is 3.49. The van der Waals surface area contributed by atoms with Gasteiger partial charge in [-0.3, -0.25) is 9.69 Å². The summed E-state index contributed by atoms with van der Waals surface area (Å²) < 4.78 is 2.22. The highest BCUT2D eigenvalue weighted by Gasteiger charge is 2.22. The van der Waals surface area contributed by atoms with Crippen molar-refractivity contribution in [2.75, 3.05) is 19.6 Å². The number of hydrogen-bond acceptors (Lipinski definition) is 2. The van der Waals surface area contributed by atoms with Crippen LogP contribution >= 0.6 is 0 Å². The van der Waals surface area contributed by atoms with Gasteiger partial charge in [-0.25, -0.2) is 0 Å². The van der Waals surface area contributed by atoms with Gasteiger partial charge in [-0.1, -0.05) is 13.3 Å². The zero-order valence-corrected chi connectivity index (χ0v) is 13.4. The molecular weight excluding hydrogens is 248 g/mol. The molecule has 1 saturated heterocycles. The van der Waals surface area contributed by atoms with Gasteiger partial charge in [0.1, 0.15) is 0 Å². The van der Waals surface area contributed by atoms with Crippen molar-refractivity contribution in [3.63, 3.8) is 0 Å². The van der Waals surface area contributed by atoms with Gasteiger partial charge in [0.2, 0.25) is 0 Å². The molecule has 0 bridgehead atoms. The van der Waals surface area contributed by atoms with Gasteiger partial charge in [-0.05, 0) is 52.1 Å². The van der Waals surface area contributed by atoms with Crippen LogP contribution in [-0.4, -0.2) is 34.9 Å². The molecule has 0 radical (unpaired) electrons. The van der Waals surface area contributed by atoms with Gasteiger partial charge in [-0.2, -0.15) is 0 Å². The summed E-state index contributed by atoms with van der Waals surface area (Å²) in [7, 11) is 0. The number of nitrogens with zero attached hydrogens (tertiary/aromatic N) is 2. The largest absolute Gasteiger partial charge is 0.349 e. The van der Waals surface area contributed by atoms with Crippen molar-refractivity contribution < 1.29 is 4.79 Å². The Morgan fingerprint density at radius 1 is 1.35 bits per heavy atom. The van der Waals surface area contributed by atoms with E-state index in [0.29, 0.717) is 6.54 Å². The molecule has 2 heterocycles. The van der Waals surface area contributed by atoms with E-state index in [4.69, 9.17) is 0 Å². The molecule has 1 aromatic heterocycles. The van der Waals surface area contributed by atoms with E-state index in [0.717, 1.165) is 36.8 Å². The third-order valence-electron chi connectivity index (χ3n) is 4.74. The third-order valence-corrected chi connectivity index (χ3v) is 4.74. The van der Waals surface area contributed by atoms with Crippen LogP contribution in [0.25, 0.3) is 0 Å². The topological polar surface area (TPSA) is 25.2 Å². The van der Waals surface area contributed by atoms with Crippen LogP contribution in [0.4, 0.5) is 0 Å². The second-order valence-electron chi connectivity index (χ2n) is 6.10. The molecular formula is C17H28N2O. The molecule has 0 amide bonds. The first-order valence-electron chi connectivity index (χ1n) is 7.99. The summed E-state index contributed by atoms with van der Waals surface area (Å²) in [4.78, 5) is 14.9. The summed E-state index contributed by atoms with van der Waals surface area (Å²) in [6.07, 6.45) is 3.79. The van der Waals surface area contributed by atoms with Gasteiger partial charge in [0.15, 0.2) is 5.78 Å². The number of aromatic nitrogens is 1. The van der Waals surface area contributed by atoms with E-state index < -0.39 is 0 Å². The molecule has 3 nitrogen and oxygen atoms in total. The first-order valence-corrected chi connectivity index (χ1v) is 7.99. The van der Waals surface area contributed by atoms with E-state index in [2.05, 4.69) is 43.2 Å². The molecule has 1 fully saturated rings. The van der Waals surface area contributed by atoms with Crippen LogP contribution in [0, 0.1) is 19.8 Å². The van der Waals surface area contributed by atoms with Gasteiger partial charge in [0, 0.05) is 30.0 Å². The zero-order chi connectivity index (χ0) is 14.7. The number of carbonyl (C=O) groups excluding carboxylic acids is 1. The molecule has 1 atom stereocenters. The molecule has 0 N–H and O–H groups in total. The Labute approximate surface area is 123 Å². The minimum atomic E-state index is 0.287. The van der Waals surface area contributed by atoms with Crippen LogP contribution in [-0.2, 0) is 6.54 Å². The predicted octanol–water partition coefficient (Wildman–Crippen LogP) is 3.43. The van der Waals surface area contributed by atoms with E-state index >= 15 is 0 Å². The fourth-order valence-corrected chi connectivity index (χ4v) is 3.49. The third kappa shape index (κ3) is 3.14. The minimum Gasteiger partial charge on any atom is -0.349 e. The Morgan fingerprint density at radius 2 is 2.10 bits per heavy atom. The van der Waals surface area contributed by atoms with E-state index in [-0.39, 0.29) is 5.78 Å². The molecule has 0 aliphatic carbocycles. The number of aryl methyl sites for hydroxylation is 1. The Kier molecular flexibility index (Phi) is 5.03. The normalized spacial score (nSPS) is 20.3. The number of Topliss-reactive ketones (excluding diaryl/α,β-unsaturated/α-hetero) is 1. The second-order valence-corrected chi connectivity index (χ2v) is 6.10. The second kappa shape index (κ2) is 6.57. The van der Waals surface area contributed by atoms with Gasteiger partial charge in [-0.15, -0.1) is 0 Å². The summed E-state index contributed by atoms with van der Waals surface area (Å²) in [5, 5.41) is 0. The highest BCUT2D eigenvalue weighted by Crippen LogP contribution is 2.21. The molecule has 3 heteroatoms. The molecule has 0 aromatic carbocycles. The van der Waals surface area contributed by atoms with Gasteiger partial charge >= 0.3 is 0 Å². The van der Waals surface area contributed by atoms with Crippen molar-refractivity contribution in [1.29, 1.82) is 0 Å². The van der Waals surface area contributed by atoms with E-state index in [1.54, 1.807) is 0 Å². The number of carbonyl (C=O) groups is 1. The SMILES string of the molecule is CCC1CCCN(CC(=O)c2cc(C)n(CC)c2C)C1. The summed E-state index contributed by atoms with van der Waals surface area (Å²) in [6.45, 7) is 12.2. The van der Waals surface area contributed by atoms with Crippen LogP contribution < -0.4 is 0 Å². The average Bonchev–Trinajstić information content (AvgIpc) is 2.73. The van der Waals surface area contributed by atoms with Crippen LogP contribution in [0.1, 0.15) is 54.9 Å². The van der Waals surface area contributed by atoms with Crippen molar-refractivity contribution in [2.45, 2.75) is 53.5 Å². The molecule has 1 aromatic rings. The lowest BCUT2D eigenvalue weighted by Crippen LogP contribution is -2.38. The predicted molar refractivity (Wildman–Crippen MR) is 83.4 cm³/mol. The summed E-state index contributed by atoms with van der Waals surface area (Å²) >= 11 is 0. The van der Waals surface area contributed by atoms with Gasteiger partial charge in [0.25, 0.3) is 0 Å². The molecule has 20 heavy (non-hydrogen) atoms. The zero-order valence-electron chi connectivity index (χ0n) is 13.4. The Hall–Kier alpha value is -1.09. The van der Waals surface area contributed by atoms with E-state index in [9.17, 15) is 4.79 Å². The molecule has 1 aliphatic rings. The molecule has 1 aliphatic heterocycles. The first-order chi connectivity index (χ1) is 9.56. The van der Waals surface area contributed by atoms with Crippen LogP contribution in [0.2, 0.25) is 0 Å². The summed E-state index contributed by atoms with van der Waals surface area (Å²) in [5.41, 5.74) is 3.24. The van der Waals surface area contributed by atoms with Crippen molar-refractivity contribution in [3.8, 4) is 0 Å². The minimum absolute atomic E-state index is 0.287. The van der Waals surface area contributed by atoms with Crippen molar-refractivity contribution in [1.82, 2.24) is 9.47 Å². The van der Waals surface area contributed by atoms with Crippen LogP contribution in [0.3, 0.4) is 0 Å². The van der Waals surface area contributed by atoms with E-state index in [1.807, 2.05) is 0 Å². The first kappa shape index (κ1) is 15.3.